The summed E-state index contributed by atoms with van der Waals surface area (Å²) in [4.78, 5) is 25.2. The summed E-state index contributed by atoms with van der Waals surface area (Å²) in [6, 6.07) is 10.9. The van der Waals surface area contributed by atoms with Gasteiger partial charge in [0.1, 0.15) is 0 Å². The molecule has 0 aliphatic rings. The van der Waals surface area contributed by atoms with Gasteiger partial charge < -0.3 is 5.32 Å². The molecule has 2 rings (SSSR count). The lowest BCUT2D eigenvalue weighted by atomic mass is 10.1. The molecule has 0 fully saturated rings. The normalized spacial score (nSPS) is 11.0. The van der Waals surface area contributed by atoms with E-state index in [4.69, 9.17) is 34.8 Å². The Morgan fingerprint density at radius 2 is 1.50 bits per heavy atom. The monoisotopic (exact) mass is 413 g/mol. The van der Waals surface area contributed by atoms with E-state index in [1.54, 1.807) is 51.1 Å². The van der Waals surface area contributed by atoms with E-state index in [9.17, 15) is 9.59 Å². The van der Waals surface area contributed by atoms with Gasteiger partial charge in [-0.3, -0.25) is 10.2 Å². The number of carbonyl (C=O) groups is 2. The van der Waals surface area contributed by atoms with Gasteiger partial charge in [0, 0.05) is 5.56 Å². The molecule has 0 bridgehead atoms. The molecular formula is C18H18Cl3N3O2. The number of anilines is 1. The molecule has 138 valence electrons. The van der Waals surface area contributed by atoms with Crippen LogP contribution in [0.1, 0.15) is 31.1 Å². The molecule has 0 aliphatic carbocycles. The van der Waals surface area contributed by atoms with Gasteiger partial charge in [-0.05, 0) is 45.0 Å². The highest BCUT2D eigenvalue weighted by atomic mass is 35.5. The Balaban J connectivity index is 2.23. The van der Waals surface area contributed by atoms with Crippen LogP contribution in [0.25, 0.3) is 0 Å². The Kier molecular flexibility index (Phi) is 6.39. The average Bonchev–Trinajstić information content (AvgIpc) is 2.57. The van der Waals surface area contributed by atoms with Crippen molar-refractivity contribution in [2.75, 3.05) is 5.32 Å². The standard InChI is InChI=1S/C18H18Cl3N3O2/c1-18(2,3)24(23-16(25)11-7-5-4-6-8-11)17(26)22-15-10-13(20)12(19)9-14(15)21/h4-10H,1-3H3,(H,22,26)(H,23,25). The minimum atomic E-state index is -0.697. The van der Waals surface area contributed by atoms with Gasteiger partial charge in [0.15, 0.2) is 0 Å². The molecule has 0 radical (unpaired) electrons. The fraction of sp³-hybridized carbons (Fsp3) is 0.222. The minimum Gasteiger partial charge on any atom is -0.305 e. The van der Waals surface area contributed by atoms with Crippen molar-refractivity contribution < 1.29 is 9.59 Å². The quantitative estimate of drug-likeness (QED) is 0.494. The van der Waals surface area contributed by atoms with Crippen LogP contribution in [0.2, 0.25) is 15.1 Å². The second-order valence-corrected chi connectivity index (χ2v) is 7.71. The Bertz CT molecular complexity index is 820. The minimum absolute atomic E-state index is 0.232. The van der Waals surface area contributed by atoms with E-state index in [0.29, 0.717) is 5.56 Å². The highest BCUT2D eigenvalue weighted by molar-refractivity contribution is 6.44. The maximum Gasteiger partial charge on any atom is 0.341 e. The van der Waals surface area contributed by atoms with Crippen molar-refractivity contribution in [2.24, 2.45) is 0 Å². The molecule has 2 aromatic rings. The third-order valence-corrected chi connectivity index (χ3v) is 4.41. The van der Waals surface area contributed by atoms with Gasteiger partial charge in [-0.1, -0.05) is 53.0 Å². The second-order valence-electron chi connectivity index (χ2n) is 6.49. The molecule has 2 N–H and O–H groups in total. The summed E-state index contributed by atoms with van der Waals surface area (Å²) in [6.45, 7) is 5.36. The number of rotatable bonds is 2. The number of carbonyl (C=O) groups excluding carboxylic acids is 2. The summed E-state index contributed by atoms with van der Waals surface area (Å²) in [5.74, 6) is -0.407. The van der Waals surface area contributed by atoms with Crippen molar-refractivity contribution in [3.8, 4) is 0 Å². The molecule has 0 aromatic heterocycles. The maximum absolute atomic E-state index is 12.7. The van der Waals surface area contributed by atoms with Gasteiger partial charge in [0.25, 0.3) is 5.91 Å². The molecule has 0 heterocycles. The van der Waals surface area contributed by atoms with Crippen molar-refractivity contribution in [1.82, 2.24) is 10.4 Å². The summed E-state index contributed by atoms with van der Waals surface area (Å²) in [7, 11) is 0. The van der Waals surface area contributed by atoms with E-state index in [1.807, 2.05) is 0 Å². The molecule has 0 unspecified atom stereocenters. The van der Waals surface area contributed by atoms with Gasteiger partial charge >= 0.3 is 6.03 Å². The highest BCUT2D eigenvalue weighted by Crippen LogP contribution is 2.32. The first-order valence-corrected chi connectivity index (χ1v) is 8.85. The average molecular weight is 415 g/mol. The van der Waals surface area contributed by atoms with Crippen molar-refractivity contribution in [3.05, 3.63) is 63.1 Å². The zero-order chi connectivity index (χ0) is 19.5. The number of urea groups is 1. The molecule has 0 saturated heterocycles. The first kappa shape index (κ1) is 20.4. The van der Waals surface area contributed by atoms with Crippen LogP contribution in [0.5, 0.6) is 0 Å². The fourth-order valence-corrected chi connectivity index (χ4v) is 2.66. The van der Waals surface area contributed by atoms with Crippen LogP contribution in [-0.2, 0) is 0 Å². The Morgan fingerprint density at radius 3 is 2.08 bits per heavy atom. The van der Waals surface area contributed by atoms with E-state index in [0.717, 1.165) is 0 Å². The maximum atomic E-state index is 12.7. The van der Waals surface area contributed by atoms with Crippen LogP contribution >= 0.6 is 34.8 Å². The summed E-state index contributed by atoms with van der Waals surface area (Å²) < 4.78 is 0. The summed E-state index contributed by atoms with van der Waals surface area (Å²) >= 11 is 18.0. The molecule has 0 saturated carbocycles. The van der Waals surface area contributed by atoms with E-state index in [-0.39, 0.29) is 20.8 Å². The molecule has 26 heavy (non-hydrogen) atoms. The van der Waals surface area contributed by atoms with Crippen molar-refractivity contribution in [3.63, 3.8) is 0 Å². The number of hydrogen-bond donors (Lipinski definition) is 2. The van der Waals surface area contributed by atoms with E-state index >= 15 is 0 Å². The zero-order valence-corrected chi connectivity index (χ0v) is 16.7. The number of benzene rings is 2. The Labute approximate surface area is 167 Å². The SMILES string of the molecule is CC(C)(C)N(NC(=O)c1ccccc1)C(=O)Nc1cc(Cl)c(Cl)cc1Cl. The number of amides is 3. The zero-order valence-electron chi connectivity index (χ0n) is 14.4. The highest BCUT2D eigenvalue weighted by Gasteiger charge is 2.29. The molecular weight excluding hydrogens is 397 g/mol. The molecule has 0 atom stereocenters. The first-order chi connectivity index (χ1) is 12.1. The number of halogens is 3. The lowest BCUT2D eigenvalue weighted by molar-refractivity contribution is 0.0687. The van der Waals surface area contributed by atoms with Crippen LogP contribution in [0, 0.1) is 0 Å². The van der Waals surface area contributed by atoms with Crippen molar-refractivity contribution in [1.29, 1.82) is 0 Å². The van der Waals surface area contributed by atoms with Crippen LogP contribution in [0.4, 0.5) is 10.5 Å². The summed E-state index contributed by atoms with van der Waals surface area (Å²) in [5, 5.41) is 4.60. The van der Waals surface area contributed by atoms with Crippen LogP contribution in [0.3, 0.4) is 0 Å². The van der Waals surface area contributed by atoms with Gasteiger partial charge in [0.2, 0.25) is 0 Å². The van der Waals surface area contributed by atoms with Gasteiger partial charge in [-0.25, -0.2) is 9.80 Å². The van der Waals surface area contributed by atoms with E-state index < -0.39 is 17.5 Å². The third kappa shape index (κ3) is 5.04. The number of nitrogens with one attached hydrogen (secondary N) is 2. The Hall–Kier alpha value is -1.95. The predicted molar refractivity (Wildman–Crippen MR) is 106 cm³/mol. The summed E-state index contributed by atoms with van der Waals surface area (Å²) in [6.07, 6.45) is 0. The van der Waals surface area contributed by atoms with Crippen LogP contribution < -0.4 is 10.7 Å². The number of hydrazine groups is 1. The van der Waals surface area contributed by atoms with Crippen molar-refractivity contribution in [2.45, 2.75) is 26.3 Å². The van der Waals surface area contributed by atoms with Gasteiger partial charge in [-0.15, -0.1) is 0 Å². The number of nitrogens with zero attached hydrogens (tertiary/aromatic N) is 1. The third-order valence-electron chi connectivity index (χ3n) is 3.37. The predicted octanol–water partition coefficient (Wildman–Crippen LogP) is 5.62. The lowest BCUT2D eigenvalue weighted by Gasteiger charge is -2.35. The number of hydrogen-bond acceptors (Lipinski definition) is 2. The molecule has 0 aliphatic heterocycles. The molecule has 3 amide bonds. The van der Waals surface area contributed by atoms with Gasteiger partial charge in [0.05, 0.1) is 26.3 Å². The van der Waals surface area contributed by atoms with Gasteiger partial charge in [-0.2, -0.15) is 0 Å². The largest absolute Gasteiger partial charge is 0.341 e. The lowest BCUT2D eigenvalue weighted by Crippen LogP contribution is -2.57. The van der Waals surface area contributed by atoms with Crippen molar-refractivity contribution >= 4 is 52.4 Å². The van der Waals surface area contributed by atoms with E-state index in [2.05, 4.69) is 10.7 Å². The Morgan fingerprint density at radius 1 is 0.923 bits per heavy atom. The topological polar surface area (TPSA) is 61.4 Å². The smallest absolute Gasteiger partial charge is 0.305 e. The van der Waals surface area contributed by atoms with Crippen LogP contribution in [-0.4, -0.2) is 22.5 Å². The molecule has 0 spiro atoms. The molecule has 2 aromatic carbocycles. The summed E-state index contributed by atoms with van der Waals surface area (Å²) in [5.41, 5.74) is 2.64. The fourth-order valence-electron chi connectivity index (χ4n) is 2.07. The molecule has 5 nitrogen and oxygen atoms in total. The first-order valence-electron chi connectivity index (χ1n) is 7.71. The second kappa shape index (κ2) is 8.16. The van der Waals surface area contributed by atoms with Crippen LogP contribution in [0.15, 0.2) is 42.5 Å². The molecule has 8 heteroatoms. The van der Waals surface area contributed by atoms with E-state index in [1.165, 1.54) is 17.1 Å².